The Labute approximate surface area is 202 Å². The van der Waals surface area contributed by atoms with E-state index in [9.17, 15) is 0 Å². The summed E-state index contributed by atoms with van der Waals surface area (Å²) in [5.41, 5.74) is 5.83. The number of ether oxygens (including phenoxy) is 1. The summed E-state index contributed by atoms with van der Waals surface area (Å²) in [7, 11) is 0. The van der Waals surface area contributed by atoms with Crippen LogP contribution in [-0.2, 0) is 4.74 Å². The largest absolute Gasteiger partial charge is 0.376 e. The average molecular weight is 511 g/mol. The Morgan fingerprint density at radius 1 is 1.19 bits per heavy atom. The van der Waals surface area contributed by atoms with Crippen LogP contribution in [-0.4, -0.2) is 38.8 Å². The van der Waals surface area contributed by atoms with Crippen LogP contribution in [0.2, 0.25) is 0 Å². The molecule has 0 unspecified atom stereocenters. The van der Waals surface area contributed by atoms with Gasteiger partial charge in [-0.3, -0.25) is 4.98 Å². The highest BCUT2D eigenvalue weighted by Gasteiger charge is 2.42. The predicted molar refractivity (Wildman–Crippen MR) is 134 cm³/mol. The molecule has 0 bridgehead atoms. The summed E-state index contributed by atoms with van der Waals surface area (Å²) in [5, 5.41) is 4.34. The van der Waals surface area contributed by atoms with E-state index >= 15 is 0 Å². The normalized spacial score (nSPS) is 23.0. The molecule has 2 aliphatic rings. The van der Waals surface area contributed by atoms with E-state index in [1.54, 1.807) is 0 Å². The number of aryl methyl sites for hydroxylation is 1. The molecule has 2 saturated heterocycles. The lowest BCUT2D eigenvalue weighted by Gasteiger charge is -2.30. The summed E-state index contributed by atoms with van der Waals surface area (Å²) < 4.78 is 9.36. The number of benzene rings is 1. The Balaban J connectivity index is 1.59. The SMILES string of the molecule is Cc1cc([C@@H]2[C@H](c3ccccn3)NC(=S)N2C[C@H]2CCCO2)c(C)n1-c1cccc(Br)c1. The number of hydrogen-bond donors (Lipinski definition) is 1. The Hall–Kier alpha value is -2.22. The number of rotatable bonds is 5. The van der Waals surface area contributed by atoms with Crippen LogP contribution < -0.4 is 5.32 Å². The highest BCUT2D eigenvalue weighted by Crippen LogP contribution is 2.42. The van der Waals surface area contributed by atoms with Crippen molar-refractivity contribution in [3.8, 4) is 5.69 Å². The van der Waals surface area contributed by atoms with Crippen molar-refractivity contribution in [2.45, 2.75) is 44.9 Å². The maximum atomic E-state index is 5.97. The molecule has 2 aliphatic heterocycles. The van der Waals surface area contributed by atoms with Crippen LogP contribution >= 0.6 is 28.1 Å². The summed E-state index contributed by atoms with van der Waals surface area (Å²) in [4.78, 5) is 6.99. The molecule has 7 heteroatoms. The molecule has 5 nitrogen and oxygen atoms in total. The van der Waals surface area contributed by atoms with Crippen LogP contribution in [0.15, 0.2) is 59.2 Å². The minimum Gasteiger partial charge on any atom is -0.376 e. The third-order valence-corrected chi connectivity index (χ3v) is 7.32. The molecular formula is C25H27BrN4OS. The molecule has 1 aromatic carbocycles. The molecule has 32 heavy (non-hydrogen) atoms. The smallest absolute Gasteiger partial charge is 0.170 e. The number of pyridine rings is 1. The molecule has 166 valence electrons. The first-order chi connectivity index (χ1) is 15.5. The number of aromatic nitrogens is 2. The summed E-state index contributed by atoms with van der Waals surface area (Å²) >= 11 is 9.46. The summed E-state index contributed by atoms with van der Waals surface area (Å²) in [6.45, 7) is 5.99. The Morgan fingerprint density at radius 2 is 2.06 bits per heavy atom. The standard InChI is InChI=1S/C25H27BrN4OS/c1-16-13-21(17(2)30(16)19-8-5-7-18(26)14-19)24-23(22-10-3-4-11-27-22)28-25(32)29(24)15-20-9-6-12-31-20/h3-5,7-8,10-11,13-14,20,23-24H,6,9,12,15H2,1-2H3,(H,28,32)/t20-,23+,24-/m1/s1. The van der Waals surface area contributed by atoms with Gasteiger partial charge >= 0.3 is 0 Å². The molecule has 4 heterocycles. The van der Waals surface area contributed by atoms with Gasteiger partial charge in [-0.1, -0.05) is 28.1 Å². The second-order valence-corrected chi connectivity index (χ2v) is 9.86. The van der Waals surface area contributed by atoms with Crippen molar-refractivity contribution in [3.05, 3.63) is 81.8 Å². The van der Waals surface area contributed by atoms with E-state index in [0.717, 1.165) is 47.0 Å². The van der Waals surface area contributed by atoms with Gasteiger partial charge < -0.3 is 19.5 Å². The molecule has 2 fully saturated rings. The number of nitrogens with one attached hydrogen (secondary N) is 1. The maximum Gasteiger partial charge on any atom is 0.170 e. The van der Waals surface area contributed by atoms with Gasteiger partial charge in [0, 0.05) is 40.9 Å². The lowest BCUT2D eigenvalue weighted by molar-refractivity contribution is 0.0842. The van der Waals surface area contributed by atoms with Crippen molar-refractivity contribution >= 4 is 33.3 Å². The first-order valence-corrected chi connectivity index (χ1v) is 12.3. The van der Waals surface area contributed by atoms with Crippen LogP contribution in [0.3, 0.4) is 0 Å². The minimum atomic E-state index is -0.0124. The Morgan fingerprint density at radius 3 is 2.78 bits per heavy atom. The molecule has 0 radical (unpaired) electrons. The zero-order chi connectivity index (χ0) is 22.2. The fourth-order valence-electron chi connectivity index (χ4n) is 5.05. The topological polar surface area (TPSA) is 42.3 Å². The number of nitrogens with zero attached hydrogens (tertiary/aromatic N) is 3. The van der Waals surface area contributed by atoms with Crippen molar-refractivity contribution < 1.29 is 4.74 Å². The average Bonchev–Trinajstić information content (AvgIpc) is 3.48. The van der Waals surface area contributed by atoms with Gasteiger partial charge in [0.15, 0.2) is 5.11 Å². The lowest BCUT2D eigenvalue weighted by Crippen LogP contribution is -2.36. The van der Waals surface area contributed by atoms with Gasteiger partial charge in [-0.2, -0.15) is 0 Å². The fourth-order valence-corrected chi connectivity index (χ4v) is 5.75. The van der Waals surface area contributed by atoms with Crippen LogP contribution in [0.4, 0.5) is 0 Å². The van der Waals surface area contributed by atoms with Crippen LogP contribution in [0.25, 0.3) is 5.69 Å². The van der Waals surface area contributed by atoms with Gasteiger partial charge in [-0.25, -0.2) is 0 Å². The van der Waals surface area contributed by atoms with Crippen LogP contribution in [0.5, 0.6) is 0 Å². The van der Waals surface area contributed by atoms with E-state index in [4.69, 9.17) is 17.0 Å². The minimum absolute atomic E-state index is 0.0124. The highest BCUT2D eigenvalue weighted by atomic mass is 79.9. The van der Waals surface area contributed by atoms with Crippen molar-refractivity contribution in [2.75, 3.05) is 13.2 Å². The first kappa shape index (κ1) is 21.6. The molecule has 0 amide bonds. The van der Waals surface area contributed by atoms with E-state index in [1.165, 1.54) is 17.0 Å². The highest BCUT2D eigenvalue weighted by molar-refractivity contribution is 9.10. The number of hydrogen-bond acceptors (Lipinski definition) is 3. The van der Waals surface area contributed by atoms with E-state index in [2.05, 4.69) is 85.9 Å². The summed E-state index contributed by atoms with van der Waals surface area (Å²) in [5.74, 6) is 0. The zero-order valence-electron chi connectivity index (χ0n) is 18.3. The first-order valence-electron chi connectivity index (χ1n) is 11.1. The molecule has 3 aromatic rings. The van der Waals surface area contributed by atoms with Crippen LogP contribution in [0.1, 0.15) is 47.6 Å². The molecule has 0 spiro atoms. The van der Waals surface area contributed by atoms with Crippen molar-refractivity contribution in [1.82, 2.24) is 19.8 Å². The molecule has 5 rings (SSSR count). The van der Waals surface area contributed by atoms with E-state index in [1.807, 2.05) is 18.3 Å². The molecule has 1 N–H and O–H groups in total. The fraction of sp³-hybridized carbons (Fsp3) is 0.360. The van der Waals surface area contributed by atoms with Crippen molar-refractivity contribution in [3.63, 3.8) is 0 Å². The zero-order valence-corrected chi connectivity index (χ0v) is 20.7. The third-order valence-electron chi connectivity index (χ3n) is 6.48. The van der Waals surface area contributed by atoms with Gasteiger partial charge in [0.1, 0.15) is 0 Å². The van der Waals surface area contributed by atoms with Crippen molar-refractivity contribution in [2.24, 2.45) is 0 Å². The summed E-state index contributed by atoms with van der Waals surface area (Å²) in [6.07, 6.45) is 4.26. The predicted octanol–water partition coefficient (Wildman–Crippen LogP) is 5.40. The van der Waals surface area contributed by atoms with Gasteiger partial charge in [0.2, 0.25) is 0 Å². The van der Waals surface area contributed by atoms with Gasteiger partial charge in [-0.05, 0) is 80.9 Å². The second kappa shape index (κ2) is 8.96. The molecule has 2 aromatic heterocycles. The number of halogens is 1. The summed E-state index contributed by atoms with van der Waals surface area (Å²) in [6, 6.07) is 16.8. The van der Waals surface area contributed by atoms with Crippen molar-refractivity contribution in [1.29, 1.82) is 0 Å². The third kappa shape index (κ3) is 3.98. The van der Waals surface area contributed by atoms with Gasteiger partial charge in [-0.15, -0.1) is 0 Å². The van der Waals surface area contributed by atoms with Gasteiger partial charge in [0.25, 0.3) is 0 Å². The van der Waals surface area contributed by atoms with Gasteiger partial charge in [0.05, 0.1) is 23.9 Å². The molecular weight excluding hydrogens is 484 g/mol. The molecule has 0 saturated carbocycles. The number of thiocarbonyl (C=S) groups is 1. The molecule has 3 atom stereocenters. The quantitative estimate of drug-likeness (QED) is 0.465. The Kier molecular flexibility index (Phi) is 6.05. The second-order valence-electron chi connectivity index (χ2n) is 8.56. The monoisotopic (exact) mass is 510 g/mol. The van der Waals surface area contributed by atoms with E-state index in [0.29, 0.717) is 0 Å². The van der Waals surface area contributed by atoms with E-state index < -0.39 is 0 Å². The van der Waals surface area contributed by atoms with Crippen LogP contribution in [0, 0.1) is 13.8 Å². The molecule has 0 aliphatic carbocycles. The Bertz CT molecular complexity index is 1130. The van der Waals surface area contributed by atoms with E-state index in [-0.39, 0.29) is 18.2 Å². The maximum absolute atomic E-state index is 5.97. The lowest BCUT2D eigenvalue weighted by atomic mass is 9.96.